The van der Waals surface area contributed by atoms with Crippen LogP contribution in [0.15, 0.2) is 53.7 Å². The van der Waals surface area contributed by atoms with E-state index in [2.05, 4.69) is 26.7 Å². The van der Waals surface area contributed by atoms with Gasteiger partial charge in [0.05, 0.1) is 18.4 Å². The van der Waals surface area contributed by atoms with E-state index in [9.17, 15) is 0 Å². The van der Waals surface area contributed by atoms with Gasteiger partial charge in [-0.25, -0.2) is 0 Å². The first kappa shape index (κ1) is 21.1. The largest absolute Gasteiger partial charge is 0.487 e. The second-order valence-corrected chi connectivity index (χ2v) is 6.82. The van der Waals surface area contributed by atoms with Crippen molar-refractivity contribution in [1.29, 1.82) is 0 Å². The highest BCUT2D eigenvalue weighted by Gasteiger charge is 2.15. The summed E-state index contributed by atoms with van der Waals surface area (Å²) in [5.41, 5.74) is 2.03. The zero-order valence-electron chi connectivity index (χ0n) is 17.0. The van der Waals surface area contributed by atoms with Crippen LogP contribution in [0.2, 0.25) is 0 Å². The number of nitrogens with one attached hydrogen (secondary N) is 2. The van der Waals surface area contributed by atoms with Crippen LogP contribution in [-0.4, -0.2) is 50.5 Å². The molecule has 0 saturated carbocycles. The number of nitrogens with zero attached hydrogens (tertiary/aromatic N) is 2. The van der Waals surface area contributed by atoms with Crippen LogP contribution >= 0.6 is 0 Å². The molecule has 7 heteroatoms. The molecular weight excluding hydrogens is 368 g/mol. The monoisotopic (exact) mass is 398 g/mol. The summed E-state index contributed by atoms with van der Waals surface area (Å²) in [7, 11) is 1.77. The van der Waals surface area contributed by atoms with Crippen molar-refractivity contribution in [3.8, 4) is 5.75 Å². The molecule has 1 aromatic carbocycles. The van der Waals surface area contributed by atoms with Crippen molar-refractivity contribution in [2.45, 2.75) is 32.1 Å². The number of pyridine rings is 1. The molecule has 3 rings (SSSR count). The van der Waals surface area contributed by atoms with Gasteiger partial charge in [0.25, 0.3) is 0 Å². The third-order valence-electron chi connectivity index (χ3n) is 4.55. The lowest BCUT2D eigenvalue weighted by atomic mass is 10.2. The molecule has 7 nitrogen and oxygen atoms in total. The van der Waals surface area contributed by atoms with Gasteiger partial charge < -0.3 is 24.8 Å². The van der Waals surface area contributed by atoms with E-state index >= 15 is 0 Å². The van der Waals surface area contributed by atoms with Crippen molar-refractivity contribution in [2.75, 3.05) is 33.4 Å². The van der Waals surface area contributed by atoms with Crippen molar-refractivity contribution in [3.05, 3.63) is 59.9 Å². The van der Waals surface area contributed by atoms with Crippen molar-refractivity contribution in [2.24, 2.45) is 4.99 Å². The fraction of sp³-hybridized carbons (Fsp3) is 0.455. The predicted molar refractivity (Wildman–Crippen MR) is 113 cm³/mol. The maximum Gasteiger partial charge on any atom is 0.191 e. The molecule has 0 spiro atoms. The third kappa shape index (κ3) is 7.71. The number of benzene rings is 1. The Morgan fingerprint density at radius 3 is 3.00 bits per heavy atom. The molecular formula is C22H30N4O3. The minimum atomic E-state index is 0.264. The first-order valence-electron chi connectivity index (χ1n) is 10.1. The van der Waals surface area contributed by atoms with Gasteiger partial charge in [0, 0.05) is 39.5 Å². The standard InChI is InChI=1S/C22H30N4O3/c1-23-22(25-11-5-12-28-21-9-13-27-17-21)26-15-18-6-4-8-20(14-18)29-16-19-7-2-3-10-24-19/h2-4,6-8,10,14,21H,5,9,11-13,15-17H2,1H3,(H2,23,25,26). The van der Waals surface area contributed by atoms with Crippen LogP contribution in [0.3, 0.4) is 0 Å². The van der Waals surface area contributed by atoms with Gasteiger partial charge in [-0.2, -0.15) is 0 Å². The van der Waals surface area contributed by atoms with Crippen LogP contribution in [0.4, 0.5) is 0 Å². The normalized spacial score (nSPS) is 16.6. The molecule has 2 heterocycles. The van der Waals surface area contributed by atoms with Gasteiger partial charge in [0.15, 0.2) is 5.96 Å². The summed E-state index contributed by atoms with van der Waals surface area (Å²) in [5.74, 6) is 1.60. The van der Waals surface area contributed by atoms with Crippen molar-refractivity contribution in [1.82, 2.24) is 15.6 Å². The van der Waals surface area contributed by atoms with Gasteiger partial charge in [0.2, 0.25) is 0 Å². The van der Waals surface area contributed by atoms with Crippen LogP contribution in [0, 0.1) is 0 Å². The molecule has 2 aromatic rings. The second-order valence-electron chi connectivity index (χ2n) is 6.82. The van der Waals surface area contributed by atoms with E-state index in [1.54, 1.807) is 13.2 Å². The first-order chi connectivity index (χ1) is 14.3. The summed E-state index contributed by atoms with van der Waals surface area (Å²) in [6, 6.07) is 13.8. The average molecular weight is 399 g/mol. The Labute approximate surface area is 172 Å². The summed E-state index contributed by atoms with van der Waals surface area (Å²) in [4.78, 5) is 8.55. The van der Waals surface area contributed by atoms with E-state index in [1.165, 1.54) is 0 Å². The minimum Gasteiger partial charge on any atom is -0.487 e. The molecule has 156 valence electrons. The third-order valence-corrected chi connectivity index (χ3v) is 4.55. The molecule has 1 atom stereocenters. The summed E-state index contributed by atoms with van der Waals surface area (Å²) < 4.78 is 16.9. The molecule has 1 saturated heterocycles. The van der Waals surface area contributed by atoms with Crippen LogP contribution < -0.4 is 15.4 Å². The molecule has 1 unspecified atom stereocenters. The number of aliphatic imine (C=N–C) groups is 1. The van der Waals surface area contributed by atoms with Crippen molar-refractivity contribution < 1.29 is 14.2 Å². The van der Waals surface area contributed by atoms with E-state index in [0.29, 0.717) is 13.2 Å². The fourth-order valence-corrected chi connectivity index (χ4v) is 2.97. The molecule has 2 N–H and O–H groups in total. The number of hydrogen-bond donors (Lipinski definition) is 2. The van der Waals surface area contributed by atoms with E-state index in [4.69, 9.17) is 14.2 Å². The topological polar surface area (TPSA) is 77.0 Å². The lowest BCUT2D eigenvalue weighted by molar-refractivity contribution is 0.0420. The number of aromatic nitrogens is 1. The van der Waals surface area contributed by atoms with Crippen LogP contribution in [0.1, 0.15) is 24.1 Å². The van der Waals surface area contributed by atoms with Gasteiger partial charge in [-0.05, 0) is 42.7 Å². The van der Waals surface area contributed by atoms with Gasteiger partial charge in [-0.3, -0.25) is 9.98 Å². The molecule has 0 radical (unpaired) electrons. The number of hydrogen-bond acceptors (Lipinski definition) is 5. The zero-order chi connectivity index (χ0) is 20.2. The quantitative estimate of drug-likeness (QED) is 0.364. The van der Waals surface area contributed by atoms with Gasteiger partial charge >= 0.3 is 0 Å². The summed E-state index contributed by atoms with van der Waals surface area (Å²) in [6.45, 7) is 4.19. The van der Waals surface area contributed by atoms with E-state index in [0.717, 1.165) is 62.2 Å². The van der Waals surface area contributed by atoms with Crippen molar-refractivity contribution >= 4 is 5.96 Å². The highest BCUT2D eigenvalue weighted by atomic mass is 16.5. The van der Waals surface area contributed by atoms with Crippen LogP contribution in [0.25, 0.3) is 0 Å². The molecule has 0 bridgehead atoms. The molecule has 1 aliphatic rings. The molecule has 1 fully saturated rings. The first-order valence-corrected chi connectivity index (χ1v) is 10.1. The Kier molecular flexibility index (Phi) is 8.75. The Morgan fingerprint density at radius 2 is 2.21 bits per heavy atom. The molecule has 0 amide bonds. The Bertz CT molecular complexity index is 749. The summed E-state index contributed by atoms with van der Waals surface area (Å²) >= 11 is 0. The Morgan fingerprint density at radius 1 is 1.24 bits per heavy atom. The fourth-order valence-electron chi connectivity index (χ4n) is 2.97. The highest BCUT2D eigenvalue weighted by Crippen LogP contribution is 2.14. The van der Waals surface area contributed by atoms with E-state index in [1.807, 2.05) is 36.4 Å². The van der Waals surface area contributed by atoms with Gasteiger partial charge in [-0.1, -0.05) is 18.2 Å². The van der Waals surface area contributed by atoms with Crippen LogP contribution in [-0.2, 0) is 22.6 Å². The molecule has 0 aliphatic carbocycles. The average Bonchev–Trinajstić information content (AvgIpc) is 3.29. The van der Waals surface area contributed by atoms with E-state index in [-0.39, 0.29) is 6.10 Å². The van der Waals surface area contributed by atoms with Crippen molar-refractivity contribution in [3.63, 3.8) is 0 Å². The van der Waals surface area contributed by atoms with E-state index < -0.39 is 0 Å². The number of ether oxygens (including phenoxy) is 3. The maximum absolute atomic E-state index is 5.84. The number of guanidine groups is 1. The minimum absolute atomic E-state index is 0.264. The smallest absolute Gasteiger partial charge is 0.191 e. The SMILES string of the molecule is CN=C(NCCCOC1CCOC1)NCc1cccc(OCc2ccccn2)c1. The van der Waals surface area contributed by atoms with Crippen LogP contribution in [0.5, 0.6) is 5.75 Å². The maximum atomic E-state index is 5.84. The lowest BCUT2D eigenvalue weighted by Gasteiger charge is -2.14. The molecule has 29 heavy (non-hydrogen) atoms. The Balaban J connectivity index is 1.35. The number of rotatable bonds is 10. The summed E-state index contributed by atoms with van der Waals surface area (Å²) in [5, 5.41) is 6.64. The zero-order valence-corrected chi connectivity index (χ0v) is 17.0. The molecule has 1 aliphatic heterocycles. The highest BCUT2D eigenvalue weighted by molar-refractivity contribution is 5.79. The lowest BCUT2D eigenvalue weighted by Crippen LogP contribution is -2.37. The van der Waals surface area contributed by atoms with Gasteiger partial charge in [-0.15, -0.1) is 0 Å². The Hall–Kier alpha value is -2.64. The van der Waals surface area contributed by atoms with Gasteiger partial charge in [0.1, 0.15) is 12.4 Å². The predicted octanol–water partition coefficient (Wildman–Crippen LogP) is 2.52. The summed E-state index contributed by atoms with van der Waals surface area (Å²) in [6.07, 6.45) is 3.96. The second kappa shape index (κ2) is 12.0. The molecule has 1 aromatic heterocycles.